The van der Waals surface area contributed by atoms with E-state index < -0.39 is 12.0 Å². The summed E-state index contributed by atoms with van der Waals surface area (Å²) in [5.74, 6) is -0.430. The van der Waals surface area contributed by atoms with Gasteiger partial charge < -0.3 is 15.7 Å². The average molecular weight is 256 g/mol. The SMILES string of the molecule is CCCC(NC(=O)NCC1(C(C)C)CC1)C(=O)O. The third kappa shape index (κ3) is 3.89. The summed E-state index contributed by atoms with van der Waals surface area (Å²) >= 11 is 0. The summed E-state index contributed by atoms with van der Waals surface area (Å²) < 4.78 is 0. The first-order valence-electron chi connectivity index (χ1n) is 6.68. The number of amides is 2. The molecule has 0 radical (unpaired) electrons. The van der Waals surface area contributed by atoms with Gasteiger partial charge in [0.15, 0.2) is 0 Å². The maximum Gasteiger partial charge on any atom is 0.326 e. The molecule has 1 saturated carbocycles. The first-order valence-corrected chi connectivity index (χ1v) is 6.68. The number of carbonyl (C=O) groups excluding carboxylic acids is 1. The predicted octanol–water partition coefficient (Wildman–Crippen LogP) is 1.98. The lowest BCUT2D eigenvalue weighted by Gasteiger charge is -2.21. The first-order chi connectivity index (χ1) is 8.41. The maximum atomic E-state index is 11.6. The highest BCUT2D eigenvalue weighted by Crippen LogP contribution is 2.51. The molecule has 2 amide bonds. The van der Waals surface area contributed by atoms with Gasteiger partial charge >= 0.3 is 12.0 Å². The predicted molar refractivity (Wildman–Crippen MR) is 69.4 cm³/mol. The van der Waals surface area contributed by atoms with Crippen LogP contribution in [-0.4, -0.2) is 29.7 Å². The van der Waals surface area contributed by atoms with Gasteiger partial charge in [0.1, 0.15) is 6.04 Å². The van der Waals surface area contributed by atoms with Crippen molar-refractivity contribution in [1.82, 2.24) is 10.6 Å². The molecule has 0 aromatic carbocycles. The van der Waals surface area contributed by atoms with E-state index in [-0.39, 0.29) is 11.4 Å². The van der Waals surface area contributed by atoms with Crippen molar-refractivity contribution in [2.45, 2.75) is 52.5 Å². The minimum absolute atomic E-state index is 0.237. The monoisotopic (exact) mass is 256 g/mol. The molecule has 0 aliphatic heterocycles. The van der Waals surface area contributed by atoms with E-state index in [4.69, 9.17) is 5.11 Å². The number of urea groups is 1. The van der Waals surface area contributed by atoms with Crippen molar-refractivity contribution in [2.24, 2.45) is 11.3 Å². The summed E-state index contributed by atoms with van der Waals surface area (Å²) in [6.45, 7) is 6.84. The molecule has 0 aromatic heterocycles. The third-order valence-corrected chi connectivity index (χ3v) is 3.90. The Morgan fingerprint density at radius 3 is 2.33 bits per heavy atom. The van der Waals surface area contributed by atoms with E-state index in [0.29, 0.717) is 18.9 Å². The van der Waals surface area contributed by atoms with Gasteiger partial charge in [-0.05, 0) is 30.6 Å². The van der Waals surface area contributed by atoms with Crippen molar-refractivity contribution in [3.05, 3.63) is 0 Å². The largest absolute Gasteiger partial charge is 0.480 e. The zero-order chi connectivity index (χ0) is 13.8. The Hall–Kier alpha value is -1.26. The molecule has 1 aliphatic rings. The number of carboxylic acids is 1. The Balaban J connectivity index is 2.35. The summed E-state index contributed by atoms with van der Waals surface area (Å²) in [4.78, 5) is 22.5. The van der Waals surface area contributed by atoms with Gasteiger partial charge in [0.05, 0.1) is 0 Å². The van der Waals surface area contributed by atoms with E-state index in [1.807, 2.05) is 6.92 Å². The molecule has 104 valence electrons. The Kier molecular flexibility index (Phi) is 4.99. The zero-order valence-electron chi connectivity index (χ0n) is 11.5. The summed E-state index contributed by atoms with van der Waals surface area (Å²) in [6.07, 6.45) is 3.47. The molecule has 1 fully saturated rings. The number of rotatable bonds is 7. The van der Waals surface area contributed by atoms with Crippen molar-refractivity contribution in [3.63, 3.8) is 0 Å². The van der Waals surface area contributed by atoms with Gasteiger partial charge in [-0.3, -0.25) is 0 Å². The van der Waals surface area contributed by atoms with Gasteiger partial charge in [-0.25, -0.2) is 9.59 Å². The lowest BCUT2D eigenvalue weighted by molar-refractivity contribution is -0.139. The van der Waals surface area contributed by atoms with Gasteiger partial charge in [-0.1, -0.05) is 27.2 Å². The molecule has 1 aliphatic carbocycles. The van der Waals surface area contributed by atoms with Crippen LogP contribution in [0.3, 0.4) is 0 Å². The van der Waals surface area contributed by atoms with Crippen molar-refractivity contribution in [1.29, 1.82) is 0 Å². The standard InChI is InChI=1S/C13H24N2O3/c1-4-5-10(11(16)17)15-12(18)14-8-13(6-7-13)9(2)3/h9-10H,4-8H2,1-3H3,(H,16,17)(H2,14,15,18). The third-order valence-electron chi connectivity index (χ3n) is 3.90. The van der Waals surface area contributed by atoms with E-state index in [1.54, 1.807) is 0 Å². The molecule has 1 unspecified atom stereocenters. The van der Waals surface area contributed by atoms with Crippen LogP contribution in [0.4, 0.5) is 4.79 Å². The van der Waals surface area contributed by atoms with Crippen molar-refractivity contribution < 1.29 is 14.7 Å². The smallest absolute Gasteiger partial charge is 0.326 e. The quantitative estimate of drug-likeness (QED) is 0.651. The number of aliphatic carboxylic acids is 1. The van der Waals surface area contributed by atoms with Crippen LogP contribution in [0.25, 0.3) is 0 Å². The van der Waals surface area contributed by atoms with Gasteiger partial charge in [0, 0.05) is 6.54 Å². The number of hydrogen-bond donors (Lipinski definition) is 3. The van der Waals surface area contributed by atoms with E-state index >= 15 is 0 Å². The van der Waals surface area contributed by atoms with Crippen LogP contribution >= 0.6 is 0 Å². The second-order valence-corrected chi connectivity index (χ2v) is 5.52. The van der Waals surface area contributed by atoms with Crippen LogP contribution in [0.2, 0.25) is 0 Å². The van der Waals surface area contributed by atoms with Crippen LogP contribution in [0.15, 0.2) is 0 Å². The van der Waals surface area contributed by atoms with Crippen molar-refractivity contribution in [2.75, 3.05) is 6.54 Å². The minimum atomic E-state index is -0.975. The molecule has 5 heteroatoms. The Bertz CT molecular complexity index is 311. The summed E-state index contributed by atoms with van der Waals surface area (Å²) in [7, 11) is 0. The molecule has 5 nitrogen and oxygen atoms in total. The fourth-order valence-electron chi connectivity index (χ4n) is 2.13. The number of hydrogen-bond acceptors (Lipinski definition) is 2. The topological polar surface area (TPSA) is 78.4 Å². The Labute approximate surface area is 108 Å². The molecule has 1 atom stereocenters. The molecule has 3 N–H and O–H groups in total. The highest BCUT2D eigenvalue weighted by molar-refractivity contribution is 5.82. The zero-order valence-corrected chi connectivity index (χ0v) is 11.5. The van der Waals surface area contributed by atoms with Gasteiger partial charge in [-0.2, -0.15) is 0 Å². The molecular formula is C13H24N2O3. The molecule has 0 heterocycles. The lowest BCUT2D eigenvalue weighted by Crippen LogP contribution is -2.47. The first kappa shape index (κ1) is 14.8. The highest BCUT2D eigenvalue weighted by atomic mass is 16.4. The van der Waals surface area contributed by atoms with E-state index in [1.165, 1.54) is 0 Å². The summed E-state index contributed by atoms with van der Waals surface area (Å²) in [6, 6.07) is -1.16. The van der Waals surface area contributed by atoms with E-state index in [2.05, 4.69) is 24.5 Å². The number of carboxylic acid groups (broad SMARTS) is 1. The Morgan fingerprint density at radius 1 is 1.33 bits per heavy atom. The van der Waals surface area contributed by atoms with Gasteiger partial charge in [0.25, 0.3) is 0 Å². The number of nitrogens with one attached hydrogen (secondary N) is 2. The molecule has 18 heavy (non-hydrogen) atoms. The number of carbonyl (C=O) groups is 2. The van der Waals surface area contributed by atoms with Crippen LogP contribution in [0.5, 0.6) is 0 Å². The van der Waals surface area contributed by atoms with Gasteiger partial charge in [0.2, 0.25) is 0 Å². The molecule has 0 spiro atoms. The van der Waals surface area contributed by atoms with Crippen LogP contribution in [0.1, 0.15) is 46.5 Å². The molecule has 1 rings (SSSR count). The maximum absolute atomic E-state index is 11.6. The van der Waals surface area contributed by atoms with E-state index in [0.717, 1.165) is 19.3 Å². The second-order valence-electron chi connectivity index (χ2n) is 5.52. The van der Waals surface area contributed by atoms with Crippen LogP contribution in [-0.2, 0) is 4.79 Å². The summed E-state index contributed by atoms with van der Waals surface area (Å²) in [5.41, 5.74) is 0.237. The molecular weight excluding hydrogens is 232 g/mol. The van der Waals surface area contributed by atoms with Crippen molar-refractivity contribution >= 4 is 12.0 Å². The fraction of sp³-hybridized carbons (Fsp3) is 0.846. The normalized spacial score (nSPS) is 18.2. The van der Waals surface area contributed by atoms with Crippen LogP contribution in [0, 0.1) is 11.3 Å². The Morgan fingerprint density at radius 2 is 1.94 bits per heavy atom. The lowest BCUT2D eigenvalue weighted by atomic mass is 9.92. The molecule has 0 saturated heterocycles. The fourth-order valence-corrected chi connectivity index (χ4v) is 2.13. The van der Waals surface area contributed by atoms with Gasteiger partial charge in [-0.15, -0.1) is 0 Å². The second kappa shape index (κ2) is 6.07. The highest BCUT2D eigenvalue weighted by Gasteiger charge is 2.45. The van der Waals surface area contributed by atoms with Crippen LogP contribution < -0.4 is 10.6 Å². The van der Waals surface area contributed by atoms with E-state index in [9.17, 15) is 9.59 Å². The average Bonchev–Trinajstić information content (AvgIpc) is 3.06. The van der Waals surface area contributed by atoms with Crippen molar-refractivity contribution in [3.8, 4) is 0 Å². The molecule has 0 aromatic rings. The molecule has 0 bridgehead atoms. The minimum Gasteiger partial charge on any atom is -0.480 e. The summed E-state index contributed by atoms with van der Waals surface area (Å²) in [5, 5.41) is 14.2.